The average molecular weight is 330 g/mol. The van der Waals surface area contributed by atoms with Gasteiger partial charge in [-0.3, -0.25) is 9.78 Å². The number of nitrogens with zero attached hydrogens (tertiary/aromatic N) is 4. The van der Waals surface area contributed by atoms with E-state index in [1.165, 1.54) is 11.1 Å². The Balaban J connectivity index is 1.50. The molecule has 124 valence electrons. The Labute approximate surface area is 146 Å². The molecule has 3 aromatic rings. The number of aromatic nitrogens is 3. The predicted octanol–water partition coefficient (Wildman–Crippen LogP) is 2.78. The highest BCUT2D eigenvalue weighted by atomic mass is 16.2. The van der Waals surface area contributed by atoms with E-state index in [0.717, 1.165) is 25.9 Å². The van der Waals surface area contributed by atoms with E-state index in [4.69, 9.17) is 0 Å². The van der Waals surface area contributed by atoms with Gasteiger partial charge in [0.05, 0.1) is 5.56 Å². The van der Waals surface area contributed by atoms with Crippen LogP contribution < -0.4 is 0 Å². The Morgan fingerprint density at radius 2 is 1.48 bits per heavy atom. The number of pyridine rings is 1. The molecule has 5 nitrogen and oxygen atoms in total. The fourth-order valence-electron chi connectivity index (χ4n) is 3.12. The monoisotopic (exact) mass is 330 g/mol. The average Bonchev–Trinajstić information content (AvgIpc) is 2.91. The van der Waals surface area contributed by atoms with Gasteiger partial charge >= 0.3 is 0 Å². The Hall–Kier alpha value is -3.08. The van der Waals surface area contributed by atoms with Gasteiger partial charge in [0.15, 0.2) is 5.82 Å². The summed E-state index contributed by atoms with van der Waals surface area (Å²) in [4.78, 5) is 27.5. The van der Waals surface area contributed by atoms with Crippen molar-refractivity contribution < 1.29 is 4.79 Å². The number of carbonyl (C=O) groups is 1. The highest BCUT2D eigenvalue weighted by Gasteiger charge is 2.20. The van der Waals surface area contributed by atoms with E-state index >= 15 is 0 Å². The Kier molecular flexibility index (Phi) is 4.21. The van der Waals surface area contributed by atoms with Crippen LogP contribution in [0.1, 0.15) is 21.5 Å². The lowest BCUT2D eigenvalue weighted by Crippen LogP contribution is -2.33. The molecule has 0 fully saturated rings. The van der Waals surface area contributed by atoms with E-state index in [0.29, 0.717) is 17.1 Å². The van der Waals surface area contributed by atoms with Gasteiger partial charge in [-0.15, -0.1) is 0 Å². The molecule has 0 saturated heterocycles. The SMILES string of the molecule is O=C(c1cnc(-c2ccccn2)nc1)N1CCc2ccccc2CC1. The van der Waals surface area contributed by atoms with Gasteiger partial charge in [0.1, 0.15) is 5.69 Å². The molecule has 25 heavy (non-hydrogen) atoms. The number of rotatable bonds is 2. The molecule has 0 radical (unpaired) electrons. The predicted molar refractivity (Wildman–Crippen MR) is 95.0 cm³/mol. The summed E-state index contributed by atoms with van der Waals surface area (Å²) in [6, 6.07) is 14.0. The van der Waals surface area contributed by atoms with E-state index in [-0.39, 0.29) is 5.91 Å². The molecule has 1 aliphatic heterocycles. The van der Waals surface area contributed by atoms with E-state index < -0.39 is 0 Å². The molecule has 0 aliphatic carbocycles. The van der Waals surface area contributed by atoms with Crippen LogP contribution in [-0.4, -0.2) is 38.8 Å². The van der Waals surface area contributed by atoms with Crippen LogP contribution in [0.5, 0.6) is 0 Å². The molecule has 0 spiro atoms. The maximum Gasteiger partial charge on any atom is 0.257 e. The quantitative estimate of drug-likeness (QED) is 0.725. The van der Waals surface area contributed by atoms with E-state index in [1.807, 2.05) is 23.1 Å². The van der Waals surface area contributed by atoms with Crippen LogP contribution in [0.2, 0.25) is 0 Å². The minimum Gasteiger partial charge on any atom is -0.338 e. The van der Waals surface area contributed by atoms with E-state index in [2.05, 4.69) is 39.2 Å². The van der Waals surface area contributed by atoms with Crippen molar-refractivity contribution in [3.63, 3.8) is 0 Å². The van der Waals surface area contributed by atoms with Crippen molar-refractivity contribution in [1.29, 1.82) is 0 Å². The summed E-state index contributed by atoms with van der Waals surface area (Å²) >= 11 is 0. The van der Waals surface area contributed by atoms with Crippen molar-refractivity contribution in [2.24, 2.45) is 0 Å². The van der Waals surface area contributed by atoms with Crippen LogP contribution in [0, 0.1) is 0 Å². The van der Waals surface area contributed by atoms with Crippen molar-refractivity contribution in [3.05, 3.63) is 77.7 Å². The maximum atomic E-state index is 12.8. The van der Waals surface area contributed by atoms with Crippen LogP contribution in [0.25, 0.3) is 11.5 Å². The second-order valence-electron chi connectivity index (χ2n) is 6.07. The van der Waals surface area contributed by atoms with Gasteiger partial charge in [-0.2, -0.15) is 0 Å². The lowest BCUT2D eigenvalue weighted by Gasteiger charge is -2.20. The minimum atomic E-state index is -0.0135. The molecule has 0 unspecified atom stereocenters. The lowest BCUT2D eigenvalue weighted by atomic mass is 10.0. The first-order chi connectivity index (χ1) is 12.3. The van der Waals surface area contributed by atoms with Gasteiger partial charge in [-0.25, -0.2) is 9.97 Å². The first kappa shape index (κ1) is 15.4. The number of benzene rings is 1. The number of hydrogen-bond acceptors (Lipinski definition) is 4. The zero-order valence-electron chi connectivity index (χ0n) is 13.8. The fourth-order valence-corrected chi connectivity index (χ4v) is 3.12. The second-order valence-corrected chi connectivity index (χ2v) is 6.07. The van der Waals surface area contributed by atoms with Crippen molar-refractivity contribution in [2.75, 3.05) is 13.1 Å². The molecule has 4 rings (SSSR count). The molecular formula is C20H18N4O. The molecule has 0 saturated carbocycles. The largest absolute Gasteiger partial charge is 0.338 e. The number of carbonyl (C=O) groups excluding carboxylic acids is 1. The molecule has 0 bridgehead atoms. The molecule has 2 aromatic heterocycles. The molecule has 5 heteroatoms. The van der Waals surface area contributed by atoms with Crippen LogP contribution in [0.4, 0.5) is 0 Å². The van der Waals surface area contributed by atoms with Gasteiger partial charge in [-0.05, 0) is 36.1 Å². The zero-order chi connectivity index (χ0) is 17.1. The van der Waals surface area contributed by atoms with Crippen LogP contribution in [0.3, 0.4) is 0 Å². The third-order valence-electron chi connectivity index (χ3n) is 4.50. The van der Waals surface area contributed by atoms with Crippen LogP contribution in [-0.2, 0) is 12.8 Å². The first-order valence-electron chi connectivity index (χ1n) is 8.41. The van der Waals surface area contributed by atoms with Gasteiger partial charge in [0, 0.05) is 31.7 Å². The molecule has 1 amide bonds. The summed E-state index contributed by atoms with van der Waals surface area (Å²) in [5.41, 5.74) is 3.89. The van der Waals surface area contributed by atoms with Crippen LogP contribution in [0.15, 0.2) is 61.1 Å². The number of fused-ring (bicyclic) bond motifs is 1. The summed E-state index contributed by atoms with van der Waals surface area (Å²) in [7, 11) is 0. The van der Waals surface area contributed by atoms with Crippen molar-refractivity contribution in [2.45, 2.75) is 12.8 Å². The van der Waals surface area contributed by atoms with Gasteiger partial charge in [-0.1, -0.05) is 30.3 Å². The molecule has 1 aromatic carbocycles. The Bertz CT molecular complexity index is 851. The van der Waals surface area contributed by atoms with E-state index in [1.54, 1.807) is 18.6 Å². The second kappa shape index (κ2) is 6.81. The zero-order valence-corrected chi connectivity index (χ0v) is 13.8. The molecule has 0 N–H and O–H groups in total. The standard InChI is InChI=1S/C20H18N4O/c25-20(24-11-8-15-5-1-2-6-16(15)9-12-24)17-13-22-19(23-14-17)18-7-3-4-10-21-18/h1-7,10,13-14H,8-9,11-12H2. The topological polar surface area (TPSA) is 59.0 Å². The van der Waals surface area contributed by atoms with Gasteiger partial charge in [0.25, 0.3) is 5.91 Å². The molecule has 0 atom stereocenters. The number of amides is 1. The van der Waals surface area contributed by atoms with Gasteiger partial charge in [0.2, 0.25) is 0 Å². The third kappa shape index (κ3) is 3.26. The van der Waals surface area contributed by atoms with Crippen LogP contribution >= 0.6 is 0 Å². The fraction of sp³-hybridized carbons (Fsp3) is 0.200. The number of hydrogen-bond donors (Lipinski definition) is 0. The van der Waals surface area contributed by atoms with E-state index in [9.17, 15) is 4.79 Å². The summed E-state index contributed by atoms with van der Waals surface area (Å²) in [5.74, 6) is 0.515. The maximum absolute atomic E-state index is 12.8. The first-order valence-corrected chi connectivity index (χ1v) is 8.41. The normalized spacial score (nSPS) is 13.8. The highest BCUT2D eigenvalue weighted by Crippen LogP contribution is 2.17. The Morgan fingerprint density at radius 3 is 2.08 bits per heavy atom. The van der Waals surface area contributed by atoms with Crippen molar-refractivity contribution >= 4 is 5.91 Å². The summed E-state index contributed by atoms with van der Waals surface area (Å²) in [6.45, 7) is 1.44. The van der Waals surface area contributed by atoms with Crippen molar-refractivity contribution in [1.82, 2.24) is 19.9 Å². The molecule has 1 aliphatic rings. The summed E-state index contributed by atoms with van der Waals surface area (Å²) < 4.78 is 0. The molecular weight excluding hydrogens is 312 g/mol. The highest BCUT2D eigenvalue weighted by molar-refractivity contribution is 5.93. The Morgan fingerprint density at radius 1 is 0.840 bits per heavy atom. The minimum absolute atomic E-state index is 0.0135. The molecule has 3 heterocycles. The summed E-state index contributed by atoms with van der Waals surface area (Å²) in [5, 5.41) is 0. The smallest absolute Gasteiger partial charge is 0.257 e. The third-order valence-corrected chi connectivity index (χ3v) is 4.50. The summed E-state index contributed by atoms with van der Waals surface area (Å²) in [6.07, 6.45) is 6.66. The lowest BCUT2D eigenvalue weighted by molar-refractivity contribution is 0.0762. The van der Waals surface area contributed by atoms with Crippen molar-refractivity contribution in [3.8, 4) is 11.5 Å². The van der Waals surface area contributed by atoms with Gasteiger partial charge < -0.3 is 4.90 Å².